The Morgan fingerprint density at radius 2 is 1.93 bits per heavy atom. The lowest BCUT2D eigenvalue weighted by Gasteiger charge is -2.20. The summed E-state index contributed by atoms with van der Waals surface area (Å²) < 4.78 is 24.9. The fourth-order valence-electron chi connectivity index (χ4n) is 2.95. The highest BCUT2D eigenvalue weighted by atomic mass is 127. The van der Waals surface area contributed by atoms with Gasteiger partial charge < -0.3 is 19.7 Å². The van der Waals surface area contributed by atoms with E-state index in [-0.39, 0.29) is 18.3 Å². The number of anilines is 1. The Hall–Kier alpha value is -1.94. The number of thiocarbonyl (C=S) groups is 1. The summed E-state index contributed by atoms with van der Waals surface area (Å²) in [5.41, 5.74) is 1.41. The first-order valence-electron chi connectivity index (χ1n) is 8.83. The van der Waals surface area contributed by atoms with Crippen LogP contribution in [0.3, 0.4) is 0 Å². The molecular formula is C20H20FIN2O3S. The van der Waals surface area contributed by atoms with Crippen LogP contribution in [0.2, 0.25) is 0 Å². The maximum absolute atomic E-state index is 12.9. The third kappa shape index (κ3) is 5.11. The fourth-order valence-corrected chi connectivity index (χ4v) is 4.01. The Labute approximate surface area is 182 Å². The lowest BCUT2D eigenvalue weighted by molar-refractivity contribution is -0.118. The number of benzene rings is 2. The normalized spacial score (nSPS) is 13.3. The number of hydrogen-bond donors (Lipinski definition) is 1. The van der Waals surface area contributed by atoms with Gasteiger partial charge in [0.15, 0.2) is 18.1 Å². The highest BCUT2D eigenvalue weighted by Crippen LogP contribution is 2.34. The van der Waals surface area contributed by atoms with Gasteiger partial charge in [0.2, 0.25) is 0 Å². The molecule has 28 heavy (non-hydrogen) atoms. The van der Waals surface area contributed by atoms with Crippen molar-refractivity contribution in [1.29, 1.82) is 0 Å². The molecule has 1 N–H and O–H groups in total. The summed E-state index contributed by atoms with van der Waals surface area (Å²) in [6, 6.07) is 9.33. The zero-order chi connectivity index (χ0) is 20.1. The Balaban J connectivity index is 1.68. The molecule has 0 unspecified atom stereocenters. The van der Waals surface area contributed by atoms with E-state index >= 15 is 0 Å². The third-order valence-corrected chi connectivity index (χ3v) is 5.64. The number of nitrogens with one attached hydrogen (secondary N) is 1. The van der Waals surface area contributed by atoms with Gasteiger partial charge in [-0.3, -0.25) is 4.79 Å². The van der Waals surface area contributed by atoms with Crippen LogP contribution in [0.4, 0.5) is 10.1 Å². The molecule has 1 heterocycles. The largest absolute Gasteiger partial charge is 0.493 e. The standard InChI is InChI=1S/C20H20FIN2O3S/c1-26-17-11-13(20(28)24-8-2-3-9-24)10-16(22)19(17)27-12-18(25)23-15-6-4-14(21)5-7-15/h4-7,10-11H,2-3,8-9,12H2,1H3,(H,23,25). The minimum absolute atomic E-state index is 0.195. The summed E-state index contributed by atoms with van der Waals surface area (Å²) in [6.07, 6.45) is 2.30. The number of rotatable bonds is 6. The lowest BCUT2D eigenvalue weighted by Crippen LogP contribution is -2.26. The second-order valence-electron chi connectivity index (χ2n) is 6.33. The van der Waals surface area contributed by atoms with Crippen molar-refractivity contribution in [3.05, 3.63) is 51.3 Å². The quantitative estimate of drug-likeness (QED) is 0.462. The van der Waals surface area contributed by atoms with Crippen molar-refractivity contribution in [2.45, 2.75) is 12.8 Å². The topological polar surface area (TPSA) is 50.8 Å². The smallest absolute Gasteiger partial charge is 0.262 e. The van der Waals surface area contributed by atoms with Crippen LogP contribution in [0.25, 0.3) is 0 Å². The number of halogens is 2. The molecule has 5 nitrogen and oxygen atoms in total. The van der Waals surface area contributed by atoms with E-state index in [4.69, 9.17) is 21.7 Å². The van der Waals surface area contributed by atoms with Gasteiger partial charge in [-0.1, -0.05) is 12.2 Å². The van der Waals surface area contributed by atoms with Gasteiger partial charge in [-0.15, -0.1) is 0 Å². The molecule has 3 rings (SSSR count). The minimum Gasteiger partial charge on any atom is -0.493 e. The van der Waals surface area contributed by atoms with Crippen LogP contribution < -0.4 is 14.8 Å². The van der Waals surface area contributed by atoms with Crippen LogP contribution >= 0.6 is 34.8 Å². The molecule has 0 spiro atoms. The number of carbonyl (C=O) groups is 1. The van der Waals surface area contributed by atoms with Crippen molar-refractivity contribution in [2.24, 2.45) is 0 Å². The van der Waals surface area contributed by atoms with Crippen LogP contribution in [-0.2, 0) is 4.79 Å². The summed E-state index contributed by atoms with van der Waals surface area (Å²) in [7, 11) is 1.56. The van der Waals surface area contributed by atoms with Crippen molar-refractivity contribution in [3.8, 4) is 11.5 Å². The first kappa shape index (κ1) is 20.8. The fraction of sp³-hybridized carbons (Fsp3) is 0.300. The van der Waals surface area contributed by atoms with Crippen LogP contribution in [0.5, 0.6) is 11.5 Å². The molecule has 0 bridgehead atoms. The molecule has 2 aromatic rings. The van der Waals surface area contributed by atoms with Crippen molar-refractivity contribution in [2.75, 3.05) is 32.1 Å². The van der Waals surface area contributed by atoms with E-state index in [0.717, 1.165) is 40.1 Å². The van der Waals surface area contributed by atoms with Gasteiger partial charge in [0, 0.05) is 24.3 Å². The van der Waals surface area contributed by atoms with Crippen LogP contribution in [0.15, 0.2) is 36.4 Å². The average Bonchev–Trinajstić information content (AvgIpc) is 3.22. The van der Waals surface area contributed by atoms with E-state index in [1.54, 1.807) is 7.11 Å². The molecule has 1 aliphatic rings. The van der Waals surface area contributed by atoms with Gasteiger partial charge in [-0.25, -0.2) is 4.39 Å². The summed E-state index contributed by atoms with van der Waals surface area (Å²) in [4.78, 5) is 15.1. The first-order valence-corrected chi connectivity index (χ1v) is 10.3. The average molecular weight is 514 g/mol. The second-order valence-corrected chi connectivity index (χ2v) is 7.88. The van der Waals surface area contributed by atoms with E-state index in [1.807, 2.05) is 12.1 Å². The van der Waals surface area contributed by atoms with Crippen LogP contribution in [-0.4, -0.2) is 42.6 Å². The molecule has 0 atom stereocenters. The molecule has 2 aromatic carbocycles. The van der Waals surface area contributed by atoms with Gasteiger partial charge in [0.25, 0.3) is 5.91 Å². The predicted molar refractivity (Wildman–Crippen MR) is 119 cm³/mol. The summed E-state index contributed by atoms with van der Waals surface area (Å²) >= 11 is 7.76. The van der Waals surface area contributed by atoms with E-state index in [2.05, 4.69) is 32.8 Å². The Kier molecular flexibility index (Phi) is 7.06. The molecule has 148 valence electrons. The first-order chi connectivity index (χ1) is 13.5. The van der Waals surface area contributed by atoms with Gasteiger partial charge >= 0.3 is 0 Å². The molecular weight excluding hydrogens is 494 g/mol. The van der Waals surface area contributed by atoms with Crippen molar-refractivity contribution in [1.82, 2.24) is 4.90 Å². The van der Waals surface area contributed by atoms with Crippen LogP contribution in [0.1, 0.15) is 18.4 Å². The molecule has 1 saturated heterocycles. The summed E-state index contributed by atoms with van der Waals surface area (Å²) in [5, 5.41) is 2.66. The SMILES string of the molecule is COc1cc(C(=S)N2CCCC2)cc(I)c1OCC(=O)Nc1ccc(F)cc1. The highest BCUT2D eigenvalue weighted by molar-refractivity contribution is 14.1. The number of nitrogens with zero attached hydrogens (tertiary/aromatic N) is 1. The maximum Gasteiger partial charge on any atom is 0.262 e. The number of likely N-dealkylation sites (tertiary alicyclic amines) is 1. The zero-order valence-electron chi connectivity index (χ0n) is 15.3. The highest BCUT2D eigenvalue weighted by Gasteiger charge is 2.20. The summed E-state index contributed by atoms with van der Waals surface area (Å²) in [5.74, 6) is 0.310. The number of hydrogen-bond acceptors (Lipinski definition) is 4. The molecule has 0 aliphatic carbocycles. The Morgan fingerprint density at radius 1 is 1.25 bits per heavy atom. The maximum atomic E-state index is 12.9. The monoisotopic (exact) mass is 514 g/mol. The molecule has 0 radical (unpaired) electrons. The molecule has 1 aliphatic heterocycles. The molecule has 1 amide bonds. The van der Waals surface area contributed by atoms with Gasteiger partial charge in [0.05, 0.1) is 10.7 Å². The third-order valence-electron chi connectivity index (χ3n) is 4.35. The Morgan fingerprint density at radius 3 is 2.57 bits per heavy atom. The van der Waals surface area contributed by atoms with E-state index in [0.29, 0.717) is 17.2 Å². The molecule has 0 saturated carbocycles. The van der Waals surface area contributed by atoms with Crippen molar-refractivity contribution >= 4 is 51.4 Å². The van der Waals surface area contributed by atoms with Crippen molar-refractivity contribution in [3.63, 3.8) is 0 Å². The molecule has 0 aromatic heterocycles. The van der Waals surface area contributed by atoms with Gasteiger partial charge in [-0.2, -0.15) is 0 Å². The zero-order valence-corrected chi connectivity index (χ0v) is 18.3. The minimum atomic E-state index is -0.361. The predicted octanol–water partition coefficient (Wildman–Crippen LogP) is 4.23. The second kappa shape index (κ2) is 9.51. The number of amides is 1. The summed E-state index contributed by atoms with van der Waals surface area (Å²) in [6.45, 7) is 1.75. The molecule has 1 fully saturated rings. The van der Waals surface area contributed by atoms with E-state index in [1.165, 1.54) is 24.3 Å². The van der Waals surface area contributed by atoms with E-state index in [9.17, 15) is 9.18 Å². The van der Waals surface area contributed by atoms with Crippen LogP contribution in [0, 0.1) is 9.39 Å². The lowest BCUT2D eigenvalue weighted by atomic mass is 10.2. The number of methoxy groups -OCH3 is 1. The Bertz CT molecular complexity index is 870. The van der Waals surface area contributed by atoms with Gasteiger partial charge in [0.1, 0.15) is 10.8 Å². The van der Waals surface area contributed by atoms with Gasteiger partial charge in [-0.05, 0) is 71.8 Å². The van der Waals surface area contributed by atoms with Crippen molar-refractivity contribution < 1.29 is 18.7 Å². The number of ether oxygens (including phenoxy) is 2. The number of carbonyl (C=O) groups excluding carboxylic acids is 1. The van der Waals surface area contributed by atoms with E-state index < -0.39 is 0 Å². The molecule has 8 heteroatoms.